The standard InChI is InChI=1S/C19H22N2O5S/c1-24-15-7-5-6-13(8-15)19-12-18(20-21(19)27(4,22)23)14-9-16(25-2)11-17(10-14)26-3/h5-11,19H,12H2,1-4H3/t19-/m0/s1. The van der Waals surface area contributed by atoms with E-state index >= 15 is 0 Å². The van der Waals surface area contributed by atoms with Crippen molar-refractivity contribution >= 4 is 15.7 Å². The van der Waals surface area contributed by atoms with Gasteiger partial charge in [0.25, 0.3) is 0 Å². The van der Waals surface area contributed by atoms with Gasteiger partial charge in [-0.3, -0.25) is 0 Å². The first-order valence-electron chi connectivity index (χ1n) is 8.30. The Morgan fingerprint density at radius 2 is 1.59 bits per heavy atom. The van der Waals surface area contributed by atoms with Gasteiger partial charge in [-0.1, -0.05) is 12.1 Å². The highest BCUT2D eigenvalue weighted by molar-refractivity contribution is 7.88. The van der Waals surface area contributed by atoms with Crippen molar-refractivity contribution in [1.82, 2.24) is 4.41 Å². The molecule has 1 atom stereocenters. The van der Waals surface area contributed by atoms with Gasteiger partial charge in [-0.05, 0) is 29.8 Å². The third-order valence-electron chi connectivity index (χ3n) is 4.38. The van der Waals surface area contributed by atoms with Crippen LogP contribution >= 0.6 is 0 Å². The zero-order valence-corrected chi connectivity index (χ0v) is 16.5. The van der Waals surface area contributed by atoms with Crippen molar-refractivity contribution in [2.45, 2.75) is 12.5 Å². The number of nitrogens with zero attached hydrogens (tertiary/aromatic N) is 2. The molecule has 0 unspecified atom stereocenters. The van der Waals surface area contributed by atoms with Crippen molar-refractivity contribution in [3.05, 3.63) is 53.6 Å². The van der Waals surface area contributed by atoms with Crippen LogP contribution in [0.5, 0.6) is 17.2 Å². The Balaban J connectivity index is 2.04. The lowest BCUT2D eigenvalue weighted by molar-refractivity contribution is 0.371. The van der Waals surface area contributed by atoms with E-state index in [1.54, 1.807) is 27.4 Å². The molecular formula is C19H22N2O5S. The molecule has 2 aromatic rings. The van der Waals surface area contributed by atoms with Crippen LogP contribution in [-0.4, -0.2) is 46.1 Å². The van der Waals surface area contributed by atoms with Crippen LogP contribution in [0, 0.1) is 0 Å². The summed E-state index contributed by atoms with van der Waals surface area (Å²) in [7, 11) is 1.16. The fourth-order valence-corrected chi connectivity index (χ4v) is 3.95. The van der Waals surface area contributed by atoms with Crippen LogP contribution < -0.4 is 14.2 Å². The van der Waals surface area contributed by atoms with E-state index < -0.39 is 16.1 Å². The Hall–Kier alpha value is -2.74. The molecule has 0 spiro atoms. The highest BCUT2D eigenvalue weighted by atomic mass is 32.2. The average Bonchev–Trinajstić information content (AvgIpc) is 3.13. The van der Waals surface area contributed by atoms with Crippen molar-refractivity contribution in [3.63, 3.8) is 0 Å². The van der Waals surface area contributed by atoms with E-state index in [1.807, 2.05) is 36.4 Å². The molecule has 1 aliphatic heterocycles. The molecule has 0 amide bonds. The molecule has 1 aliphatic rings. The summed E-state index contributed by atoms with van der Waals surface area (Å²) in [5, 5.41) is 4.40. The normalized spacial score (nSPS) is 16.8. The maximum atomic E-state index is 12.3. The number of ether oxygens (including phenoxy) is 3. The van der Waals surface area contributed by atoms with Crippen LogP contribution in [0.25, 0.3) is 0 Å². The molecule has 0 aliphatic carbocycles. The summed E-state index contributed by atoms with van der Waals surface area (Å²) >= 11 is 0. The van der Waals surface area contributed by atoms with E-state index in [1.165, 1.54) is 0 Å². The zero-order chi connectivity index (χ0) is 19.6. The summed E-state index contributed by atoms with van der Waals surface area (Å²) in [5.41, 5.74) is 2.21. The van der Waals surface area contributed by atoms with Crippen molar-refractivity contribution in [2.24, 2.45) is 5.10 Å². The topological polar surface area (TPSA) is 77.4 Å². The summed E-state index contributed by atoms with van der Waals surface area (Å²) < 4.78 is 41.7. The number of rotatable bonds is 6. The summed E-state index contributed by atoms with van der Waals surface area (Å²) in [5.74, 6) is 1.89. The Bertz CT molecular complexity index is 950. The molecule has 27 heavy (non-hydrogen) atoms. The summed E-state index contributed by atoms with van der Waals surface area (Å²) in [4.78, 5) is 0. The van der Waals surface area contributed by atoms with Gasteiger partial charge >= 0.3 is 0 Å². The smallest absolute Gasteiger partial charge is 0.247 e. The molecule has 0 saturated carbocycles. The van der Waals surface area contributed by atoms with Crippen LogP contribution in [0.3, 0.4) is 0 Å². The van der Waals surface area contributed by atoms with Crippen molar-refractivity contribution in [1.29, 1.82) is 0 Å². The molecule has 0 bridgehead atoms. The number of benzene rings is 2. The molecule has 144 valence electrons. The third kappa shape index (κ3) is 4.00. The van der Waals surface area contributed by atoms with Gasteiger partial charge in [-0.2, -0.15) is 9.52 Å². The van der Waals surface area contributed by atoms with E-state index in [2.05, 4.69) is 5.10 Å². The van der Waals surface area contributed by atoms with Gasteiger partial charge in [-0.25, -0.2) is 8.42 Å². The van der Waals surface area contributed by atoms with E-state index in [-0.39, 0.29) is 0 Å². The molecule has 0 saturated heterocycles. The second kappa shape index (κ2) is 7.48. The summed E-state index contributed by atoms with van der Waals surface area (Å²) in [6.45, 7) is 0. The molecular weight excluding hydrogens is 368 g/mol. The Kier molecular flexibility index (Phi) is 5.27. The molecule has 7 nitrogen and oxygen atoms in total. The molecule has 0 fully saturated rings. The molecule has 0 N–H and O–H groups in total. The number of methoxy groups -OCH3 is 3. The summed E-state index contributed by atoms with van der Waals surface area (Å²) in [6.07, 6.45) is 1.58. The van der Waals surface area contributed by atoms with Gasteiger partial charge in [0.2, 0.25) is 10.0 Å². The van der Waals surface area contributed by atoms with Gasteiger partial charge in [0, 0.05) is 18.1 Å². The fraction of sp³-hybridized carbons (Fsp3) is 0.316. The van der Waals surface area contributed by atoms with Gasteiger partial charge < -0.3 is 14.2 Å². The van der Waals surface area contributed by atoms with E-state index in [0.29, 0.717) is 29.4 Å². The Labute approximate surface area is 159 Å². The summed E-state index contributed by atoms with van der Waals surface area (Å²) in [6, 6.07) is 12.3. The third-order valence-corrected chi connectivity index (χ3v) is 5.39. The quantitative estimate of drug-likeness (QED) is 0.758. The van der Waals surface area contributed by atoms with Crippen molar-refractivity contribution < 1.29 is 22.6 Å². The number of hydrogen-bond acceptors (Lipinski definition) is 6. The molecule has 2 aromatic carbocycles. The number of sulfonamides is 1. The lowest BCUT2D eigenvalue weighted by Crippen LogP contribution is -2.25. The van der Waals surface area contributed by atoms with Crippen LogP contribution in [0.4, 0.5) is 0 Å². The predicted octanol–water partition coefficient (Wildman–Crippen LogP) is 2.82. The minimum Gasteiger partial charge on any atom is -0.497 e. The van der Waals surface area contributed by atoms with Crippen LogP contribution in [0.2, 0.25) is 0 Å². The molecule has 0 aromatic heterocycles. The lowest BCUT2D eigenvalue weighted by Gasteiger charge is -2.21. The highest BCUT2D eigenvalue weighted by Crippen LogP contribution is 2.37. The van der Waals surface area contributed by atoms with E-state index in [9.17, 15) is 8.42 Å². The zero-order valence-electron chi connectivity index (χ0n) is 15.7. The van der Waals surface area contributed by atoms with Crippen molar-refractivity contribution in [3.8, 4) is 17.2 Å². The fourth-order valence-electron chi connectivity index (χ4n) is 3.04. The monoisotopic (exact) mass is 390 g/mol. The Morgan fingerprint density at radius 3 is 2.15 bits per heavy atom. The van der Waals surface area contributed by atoms with E-state index in [0.717, 1.165) is 21.8 Å². The predicted molar refractivity (Wildman–Crippen MR) is 103 cm³/mol. The molecule has 3 rings (SSSR count). The van der Waals surface area contributed by atoms with Crippen LogP contribution in [0.1, 0.15) is 23.6 Å². The minimum atomic E-state index is -3.55. The van der Waals surface area contributed by atoms with Gasteiger partial charge in [-0.15, -0.1) is 0 Å². The largest absolute Gasteiger partial charge is 0.497 e. The molecule has 0 radical (unpaired) electrons. The number of hydrazone groups is 1. The first-order chi connectivity index (χ1) is 12.9. The lowest BCUT2D eigenvalue weighted by atomic mass is 9.98. The van der Waals surface area contributed by atoms with Crippen LogP contribution in [0.15, 0.2) is 47.6 Å². The van der Waals surface area contributed by atoms with Gasteiger partial charge in [0.1, 0.15) is 17.2 Å². The second-order valence-electron chi connectivity index (χ2n) is 6.18. The maximum absolute atomic E-state index is 12.3. The molecule has 8 heteroatoms. The molecule has 1 heterocycles. The Morgan fingerprint density at radius 1 is 0.963 bits per heavy atom. The number of hydrogen-bond donors (Lipinski definition) is 0. The minimum absolute atomic E-state index is 0.427. The maximum Gasteiger partial charge on any atom is 0.247 e. The van der Waals surface area contributed by atoms with Crippen LogP contribution in [-0.2, 0) is 10.0 Å². The van der Waals surface area contributed by atoms with Crippen molar-refractivity contribution in [2.75, 3.05) is 27.6 Å². The first-order valence-corrected chi connectivity index (χ1v) is 10.1. The van der Waals surface area contributed by atoms with E-state index in [4.69, 9.17) is 14.2 Å². The van der Waals surface area contributed by atoms with Gasteiger partial charge in [0.05, 0.1) is 39.3 Å². The first kappa shape index (κ1) is 19.0. The highest BCUT2D eigenvalue weighted by Gasteiger charge is 2.35. The SMILES string of the molecule is COc1cc(OC)cc(C2=NN(S(C)(=O)=O)[C@H](c3cccc(OC)c3)C2)c1. The average molecular weight is 390 g/mol. The second-order valence-corrected chi connectivity index (χ2v) is 8.02. The van der Waals surface area contributed by atoms with Gasteiger partial charge in [0.15, 0.2) is 0 Å².